The monoisotopic (exact) mass is 256 g/mol. The zero-order valence-corrected chi connectivity index (χ0v) is 10.3. The summed E-state index contributed by atoms with van der Waals surface area (Å²) >= 11 is 3.31. The molecule has 0 fully saturated rings. The summed E-state index contributed by atoms with van der Waals surface area (Å²) in [5.41, 5.74) is 1.09. The highest BCUT2D eigenvalue weighted by atomic mass is 79.9. The van der Waals surface area contributed by atoms with Gasteiger partial charge in [0.25, 0.3) is 0 Å². The molecule has 2 nitrogen and oxygen atoms in total. The molecule has 1 rings (SSSR count). The summed E-state index contributed by atoms with van der Waals surface area (Å²) in [6, 6.07) is 4.52. The number of nitrogens with one attached hydrogen (secondary N) is 1. The average molecular weight is 257 g/mol. The average Bonchev–Trinajstić information content (AvgIpc) is 2.18. The number of aromatic nitrogens is 1. The maximum Gasteiger partial charge on any atom is 0.106 e. The maximum atomic E-state index is 4.17. The lowest BCUT2D eigenvalue weighted by Crippen LogP contribution is -2.14. The predicted octanol–water partition coefficient (Wildman–Crippen LogP) is 3.83. The molecule has 0 saturated carbocycles. The second-order valence-electron chi connectivity index (χ2n) is 3.56. The Morgan fingerprint density at radius 1 is 1.50 bits per heavy atom. The summed E-state index contributed by atoms with van der Waals surface area (Å²) < 4.78 is 0.879. The van der Waals surface area contributed by atoms with Gasteiger partial charge in [0.15, 0.2) is 0 Å². The summed E-state index contributed by atoms with van der Waals surface area (Å²) in [6.45, 7) is 4.42. The third-order valence-corrected chi connectivity index (χ3v) is 2.60. The standard InChI is InChI=1S/C11H17BrN2/c1-3-4-5-9(2)14-10-6-7-11(12)13-8-10/h6-9,14H,3-5H2,1-2H3. The van der Waals surface area contributed by atoms with E-state index in [4.69, 9.17) is 0 Å². The Labute approximate surface area is 94.3 Å². The Morgan fingerprint density at radius 3 is 2.86 bits per heavy atom. The summed E-state index contributed by atoms with van der Waals surface area (Å²) in [5.74, 6) is 0. The van der Waals surface area contributed by atoms with Crippen molar-refractivity contribution in [3.8, 4) is 0 Å². The van der Waals surface area contributed by atoms with Crippen LogP contribution in [0.25, 0.3) is 0 Å². The lowest BCUT2D eigenvalue weighted by atomic mass is 10.1. The molecule has 0 aliphatic carbocycles. The molecule has 1 aromatic rings. The van der Waals surface area contributed by atoms with Crippen LogP contribution in [0.15, 0.2) is 22.9 Å². The first-order chi connectivity index (χ1) is 6.72. The predicted molar refractivity (Wildman–Crippen MR) is 64.5 cm³/mol. The fourth-order valence-electron chi connectivity index (χ4n) is 1.33. The van der Waals surface area contributed by atoms with Crippen LogP contribution in [0.3, 0.4) is 0 Å². The van der Waals surface area contributed by atoms with E-state index in [2.05, 4.69) is 40.1 Å². The molecule has 14 heavy (non-hydrogen) atoms. The summed E-state index contributed by atoms with van der Waals surface area (Å²) in [4.78, 5) is 4.17. The van der Waals surface area contributed by atoms with Crippen molar-refractivity contribution in [2.24, 2.45) is 0 Å². The van der Waals surface area contributed by atoms with Crippen LogP contribution in [0.5, 0.6) is 0 Å². The van der Waals surface area contributed by atoms with E-state index >= 15 is 0 Å². The van der Waals surface area contributed by atoms with Crippen LogP contribution < -0.4 is 5.32 Å². The summed E-state index contributed by atoms with van der Waals surface area (Å²) in [6.07, 6.45) is 5.60. The lowest BCUT2D eigenvalue weighted by Gasteiger charge is -2.14. The molecule has 0 aliphatic rings. The second kappa shape index (κ2) is 6.02. The highest BCUT2D eigenvalue weighted by Gasteiger charge is 2.00. The molecule has 0 aromatic carbocycles. The van der Waals surface area contributed by atoms with Crippen LogP contribution in [0, 0.1) is 0 Å². The third-order valence-electron chi connectivity index (χ3n) is 2.13. The first kappa shape index (κ1) is 11.5. The Hall–Kier alpha value is -0.570. The van der Waals surface area contributed by atoms with Crippen LogP contribution in [0.1, 0.15) is 33.1 Å². The fraction of sp³-hybridized carbons (Fsp3) is 0.545. The fourth-order valence-corrected chi connectivity index (χ4v) is 1.56. The minimum absolute atomic E-state index is 0.526. The van der Waals surface area contributed by atoms with Gasteiger partial charge in [0.2, 0.25) is 0 Å². The molecular formula is C11H17BrN2. The number of rotatable bonds is 5. The Balaban J connectivity index is 2.39. The highest BCUT2D eigenvalue weighted by molar-refractivity contribution is 9.10. The Bertz CT molecular complexity index is 258. The number of pyridine rings is 1. The third kappa shape index (κ3) is 4.09. The zero-order valence-electron chi connectivity index (χ0n) is 8.76. The number of nitrogens with zero attached hydrogens (tertiary/aromatic N) is 1. The quantitative estimate of drug-likeness (QED) is 0.811. The molecule has 0 aliphatic heterocycles. The van der Waals surface area contributed by atoms with Gasteiger partial charge in [-0.05, 0) is 41.4 Å². The normalized spacial score (nSPS) is 12.5. The van der Waals surface area contributed by atoms with E-state index < -0.39 is 0 Å². The highest BCUT2D eigenvalue weighted by Crippen LogP contribution is 2.13. The van der Waals surface area contributed by atoms with E-state index in [0.29, 0.717) is 6.04 Å². The first-order valence-corrected chi connectivity index (χ1v) is 5.89. The van der Waals surface area contributed by atoms with Crippen molar-refractivity contribution in [1.29, 1.82) is 0 Å². The molecule has 0 bridgehead atoms. The van der Waals surface area contributed by atoms with Crippen LogP contribution in [-0.2, 0) is 0 Å². The van der Waals surface area contributed by atoms with Gasteiger partial charge in [-0.1, -0.05) is 19.8 Å². The summed E-state index contributed by atoms with van der Waals surface area (Å²) in [7, 11) is 0. The molecular weight excluding hydrogens is 240 g/mol. The number of hydrogen-bond donors (Lipinski definition) is 1. The van der Waals surface area contributed by atoms with E-state index in [-0.39, 0.29) is 0 Å². The van der Waals surface area contributed by atoms with Crippen molar-refractivity contribution in [2.45, 2.75) is 39.2 Å². The molecule has 0 amide bonds. The van der Waals surface area contributed by atoms with Gasteiger partial charge in [-0.2, -0.15) is 0 Å². The van der Waals surface area contributed by atoms with E-state index in [1.165, 1.54) is 19.3 Å². The van der Waals surface area contributed by atoms with Crippen LogP contribution >= 0.6 is 15.9 Å². The van der Waals surface area contributed by atoms with Gasteiger partial charge in [-0.3, -0.25) is 0 Å². The molecule has 1 heterocycles. The molecule has 0 radical (unpaired) electrons. The van der Waals surface area contributed by atoms with Crippen LogP contribution in [0.4, 0.5) is 5.69 Å². The number of anilines is 1. The van der Waals surface area contributed by atoms with Crippen molar-refractivity contribution in [1.82, 2.24) is 4.98 Å². The van der Waals surface area contributed by atoms with Gasteiger partial charge in [-0.25, -0.2) is 4.98 Å². The van der Waals surface area contributed by atoms with Crippen molar-refractivity contribution in [2.75, 3.05) is 5.32 Å². The smallest absolute Gasteiger partial charge is 0.106 e. The lowest BCUT2D eigenvalue weighted by molar-refractivity contribution is 0.645. The van der Waals surface area contributed by atoms with Crippen molar-refractivity contribution in [3.05, 3.63) is 22.9 Å². The number of unbranched alkanes of at least 4 members (excludes halogenated alkanes) is 1. The minimum Gasteiger partial charge on any atom is -0.381 e. The molecule has 0 saturated heterocycles. The largest absolute Gasteiger partial charge is 0.381 e. The first-order valence-electron chi connectivity index (χ1n) is 5.10. The van der Waals surface area contributed by atoms with Gasteiger partial charge in [-0.15, -0.1) is 0 Å². The molecule has 1 aromatic heterocycles. The topological polar surface area (TPSA) is 24.9 Å². The zero-order chi connectivity index (χ0) is 10.4. The van der Waals surface area contributed by atoms with Gasteiger partial charge in [0.1, 0.15) is 4.60 Å². The Morgan fingerprint density at radius 2 is 2.29 bits per heavy atom. The number of halogens is 1. The maximum absolute atomic E-state index is 4.17. The molecule has 1 atom stereocenters. The van der Waals surface area contributed by atoms with Gasteiger partial charge in [0, 0.05) is 6.04 Å². The van der Waals surface area contributed by atoms with E-state index in [1.807, 2.05) is 18.3 Å². The molecule has 3 heteroatoms. The van der Waals surface area contributed by atoms with Crippen LogP contribution in [0.2, 0.25) is 0 Å². The van der Waals surface area contributed by atoms with E-state index in [0.717, 1.165) is 10.3 Å². The second-order valence-corrected chi connectivity index (χ2v) is 4.37. The van der Waals surface area contributed by atoms with Crippen molar-refractivity contribution < 1.29 is 0 Å². The summed E-state index contributed by atoms with van der Waals surface area (Å²) in [5, 5.41) is 3.42. The van der Waals surface area contributed by atoms with Crippen LogP contribution in [-0.4, -0.2) is 11.0 Å². The van der Waals surface area contributed by atoms with E-state index in [1.54, 1.807) is 0 Å². The SMILES string of the molecule is CCCCC(C)Nc1ccc(Br)nc1. The molecule has 1 N–H and O–H groups in total. The minimum atomic E-state index is 0.526. The van der Waals surface area contributed by atoms with E-state index in [9.17, 15) is 0 Å². The molecule has 1 unspecified atom stereocenters. The molecule has 0 spiro atoms. The molecule has 78 valence electrons. The van der Waals surface area contributed by atoms with Gasteiger partial charge < -0.3 is 5.32 Å². The Kier molecular flexibility index (Phi) is 4.94. The van der Waals surface area contributed by atoms with Crippen molar-refractivity contribution in [3.63, 3.8) is 0 Å². The van der Waals surface area contributed by atoms with Crippen molar-refractivity contribution >= 4 is 21.6 Å². The number of hydrogen-bond acceptors (Lipinski definition) is 2. The van der Waals surface area contributed by atoms with Gasteiger partial charge >= 0.3 is 0 Å². The van der Waals surface area contributed by atoms with Gasteiger partial charge in [0.05, 0.1) is 11.9 Å².